The lowest BCUT2D eigenvalue weighted by Crippen LogP contribution is -2.11. The number of thioether (sulfide) groups is 1. The molecule has 0 bridgehead atoms. The Labute approximate surface area is 137 Å². The SMILES string of the molecule is C=C(Sc1ccccc1)S(=O)(=O)c1ccc(C(C)(C)C)cc1. The molecule has 0 amide bonds. The molecule has 0 aliphatic rings. The van der Waals surface area contributed by atoms with Gasteiger partial charge in [0.05, 0.1) is 4.90 Å². The van der Waals surface area contributed by atoms with Crippen LogP contribution in [0.4, 0.5) is 0 Å². The van der Waals surface area contributed by atoms with Crippen LogP contribution in [0.3, 0.4) is 0 Å². The van der Waals surface area contributed by atoms with Crippen molar-refractivity contribution in [2.24, 2.45) is 0 Å². The van der Waals surface area contributed by atoms with Gasteiger partial charge in [-0.25, -0.2) is 8.42 Å². The maximum Gasteiger partial charge on any atom is 0.212 e. The fraction of sp³-hybridized carbons (Fsp3) is 0.222. The van der Waals surface area contributed by atoms with E-state index in [2.05, 4.69) is 27.4 Å². The fourth-order valence-electron chi connectivity index (χ4n) is 1.94. The standard InChI is InChI=1S/C18H20O2S2/c1-14(21-16-8-6-5-7-9-16)22(19,20)17-12-10-15(11-13-17)18(2,3)4/h5-13H,1H2,2-4H3. The third kappa shape index (κ3) is 3.81. The first-order valence-corrected chi connectivity index (χ1v) is 9.29. The van der Waals surface area contributed by atoms with Gasteiger partial charge in [-0.1, -0.05) is 69.4 Å². The van der Waals surface area contributed by atoms with Crippen LogP contribution in [0.5, 0.6) is 0 Å². The van der Waals surface area contributed by atoms with Gasteiger partial charge in [-0.05, 0) is 35.2 Å². The van der Waals surface area contributed by atoms with Crippen molar-refractivity contribution in [3.63, 3.8) is 0 Å². The minimum atomic E-state index is -3.53. The van der Waals surface area contributed by atoms with E-state index in [9.17, 15) is 8.42 Å². The molecule has 0 radical (unpaired) electrons. The first kappa shape index (κ1) is 16.8. The number of sulfone groups is 1. The van der Waals surface area contributed by atoms with Crippen LogP contribution in [0.15, 0.2) is 75.2 Å². The van der Waals surface area contributed by atoms with Gasteiger partial charge in [-0.15, -0.1) is 0 Å². The number of rotatable bonds is 4. The van der Waals surface area contributed by atoms with E-state index in [-0.39, 0.29) is 14.5 Å². The Morgan fingerprint density at radius 2 is 1.50 bits per heavy atom. The summed E-state index contributed by atoms with van der Waals surface area (Å²) in [7, 11) is -3.53. The van der Waals surface area contributed by atoms with E-state index >= 15 is 0 Å². The molecule has 0 aliphatic heterocycles. The summed E-state index contributed by atoms with van der Waals surface area (Å²) in [5, 5.41) is 0. The van der Waals surface area contributed by atoms with Crippen molar-refractivity contribution >= 4 is 21.6 Å². The second-order valence-electron chi connectivity index (χ2n) is 6.06. The summed E-state index contributed by atoms with van der Waals surface area (Å²) < 4.78 is 25.3. The zero-order valence-corrected chi connectivity index (χ0v) is 14.7. The monoisotopic (exact) mass is 332 g/mol. The Bertz CT molecular complexity index is 753. The van der Waals surface area contributed by atoms with Crippen LogP contribution >= 0.6 is 11.8 Å². The molecule has 0 aromatic heterocycles. The summed E-state index contributed by atoms with van der Waals surface area (Å²) >= 11 is 1.17. The summed E-state index contributed by atoms with van der Waals surface area (Å²) in [6, 6.07) is 16.4. The lowest BCUT2D eigenvalue weighted by Gasteiger charge is -2.19. The zero-order chi connectivity index (χ0) is 16.4. The van der Waals surface area contributed by atoms with Gasteiger partial charge in [0.15, 0.2) is 0 Å². The quantitative estimate of drug-likeness (QED) is 0.737. The topological polar surface area (TPSA) is 34.1 Å². The molecule has 0 saturated heterocycles. The smallest absolute Gasteiger partial charge is 0.212 e. The van der Waals surface area contributed by atoms with E-state index in [1.807, 2.05) is 42.5 Å². The second kappa shape index (κ2) is 6.31. The molecule has 0 N–H and O–H groups in total. The zero-order valence-electron chi connectivity index (χ0n) is 13.0. The highest BCUT2D eigenvalue weighted by atomic mass is 32.3. The minimum Gasteiger partial charge on any atom is -0.218 e. The molecule has 0 heterocycles. The van der Waals surface area contributed by atoms with Crippen molar-refractivity contribution in [3.05, 3.63) is 71.0 Å². The van der Waals surface area contributed by atoms with E-state index in [1.54, 1.807) is 12.1 Å². The van der Waals surface area contributed by atoms with Crippen LogP contribution in [0.25, 0.3) is 0 Å². The summed E-state index contributed by atoms with van der Waals surface area (Å²) in [6.07, 6.45) is 0. The molecule has 22 heavy (non-hydrogen) atoms. The number of benzene rings is 2. The van der Waals surface area contributed by atoms with Crippen LogP contribution in [0.2, 0.25) is 0 Å². The Hall–Kier alpha value is -1.52. The van der Waals surface area contributed by atoms with Crippen molar-refractivity contribution in [2.45, 2.75) is 36.0 Å². The summed E-state index contributed by atoms with van der Waals surface area (Å²) in [5.41, 5.74) is 1.10. The predicted octanol–water partition coefficient (Wildman–Crippen LogP) is 5.02. The molecule has 2 aromatic rings. The lowest BCUT2D eigenvalue weighted by atomic mass is 9.87. The maximum absolute atomic E-state index is 12.6. The highest BCUT2D eigenvalue weighted by Gasteiger charge is 2.21. The first-order chi connectivity index (χ1) is 10.2. The maximum atomic E-state index is 12.6. The van der Waals surface area contributed by atoms with E-state index in [4.69, 9.17) is 0 Å². The third-order valence-corrected chi connectivity index (χ3v) is 6.44. The van der Waals surface area contributed by atoms with Crippen molar-refractivity contribution in [1.29, 1.82) is 0 Å². The van der Waals surface area contributed by atoms with Crippen molar-refractivity contribution in [3.8, 4) is 0 Å². The van der Waals surface area contributed by atoms with Crippen LogP contribution in [-0.4, -0.2) is 8.42 Å². The molecule has 0 aliphatic carbocycles. The Morgan fingerprint density at radius 3 is 2.00 bits per heavy atom. The molecule has 4 heteroatoms. The average molecular weight is 332 g/mol. The minimum absolute atomic E-state index is 0.00190. The highest BCUT2D eigenvalue weighted by molar-refractivity contribution is 8.18. The summed E-state index contributed by atoms with van der Waals surface area (Å²) in [4.78, 5) is 1.15. The molecule has 116 valence electrons. The first-order valence-electron chi connectivity index (χ1n) is 6.99. The van der Waals surface area contributed by atoms with Gasteiger partial charge < -0.3 is 0 Å². The van der Waals surface area contributed by atoms with Gasteiger partial charge in [0, 0.05) is 4.90 Å². The lowest BCUT2D eigenvalue weighted by molar-refractivity contribution is 0.588. The van der Waals surface area contributed by atoms with Gasteiger partial charge in [-0.2, -0.15) is 0 Å². The average Bonchev–Trinajstić information content (AvgIpc) is 2.47. The third-order valence-electron chi connectivity index (χ3n) is 3.31. The molecule has 2 nitrogen and oxygen atoms in total. The van der Waals surface area contributed by atoms with E-state index in [1.165, 1.54) is 11.8 Å². The van der Waals surface area contributed by atoms with Gasteiger partial charge in [0.2, 0.25) is 9.84 Å². The molecule has 0 unspecified atom stereocenters. The molecule has 2 aromatic carbocycles. The second-order valence-corrected chi connectivity index (χ2v) is 9.46. The predicted molar refractivity (Wildman–Crippen MR) is 93.8 cm³/mol. The fourth-order valence-corrected chi connectivity index (χ4v) is 4.27. The van der Waals surface area contributed by atoms with Gasteiger partial charge >= 0.3 is 0 Å². The van der Waals surface area contributed by atoms with Crippen molar-refractivity contribution < 1.29 is 8.42 Å². The van der Waals surface area contributed by atoms with Crippen molar-refractivity contribution in [2.75, 3.05) is 0 Å². The van der Waals surface area contributed by atoms with Crippen LogP contribution < -0.4 is 0 Å². The largest absolute Gasteiger partial charge is 0.218 e. The van der Waals surface area contributed by atoms with Gasteiger partial charge in [0.1, 0.15) is 4.24 Å². The number of hydrogen-bond donors (Lipinski definition) is 0. The Kier molecular flexibility index (Phi) is 4.83. The van der Waals surface area contributed by atoms with Crippen molar-refractivity contribution in [1.82, 2.24) is 0 Å². The van der Waals surface area contributed by atoms with Gasteiger partial charge in [0.25, 0.3) is 0 Å². The van der Waals surface area contributed by atoms with E-state index < -0.39 is 9.84 Å². The highest BCUT2D eigenvalue weighted by Crippen LogP contribution is 2.33. The molecule has 0 atom stereocenters. The van der Waals surface area contributed by atoms with Crippen LogP contribution in [0.1, 0.15) is 26.3 Å². The van der Waals surface area contributed by atoms with Gasteiger partial charge in [-0.3, -0.25) is 0 Å². The van der Waals surface area contributed by atoms with Crippen LogP contribution in [0, 0.1) is 0 Å². The summed E-state index contributed by atoms with van der Waals surface area (Å²) in [5.74, 6) is 0. The molecule has 0 spiro atoms. The normalized spacial score (nSPS) is 12.1. The molecular formula is C18H20O2S2. The molecule has 0 fully saturated rings. The Morgan fingerprint density at radius 1 is 0.955 bits per heavy atom. The molecule has 0 saturated carbocycles. The molecule has 2 rings (SSSR count). The van der Waals surface area contributed by atoms with Crippen LogP contribution in [-0.2, 0) is 15.3 Å². The molecular weight excluding hydrogens is 312 g/mol. The Balaban J connectivity index is 2.25. The summed E-state index contributed by atoms with van der Waals surface area (Å²) in [6.45, 7) is 10.0. The van der Waals surface area contributed by atoms with E-state index in [0.29, 0.717) is 0 Å². The van der Waals surface area contributed by atoms with E-state index in [0.717, 1.165) is 10.5 Å². The number of hydrogen-bond acceptors (Lipinski definition) is 3.